The summed E-state index contributed by atoms with van der Waals surface area (Å²) in [7, 11) is 0. The van der Waals surface area contributed by atoms with Gasteiger partial charge in [-0.05, 0) is 41.8 Å². The third-order valence-electron chi connectivity index (χ3n) is 3.15. The van der Waals surface area contributed by atoms with Gasteiger partial charge >= 0.3 is 0 Å². The summed E-state index contributed by atoms with van der Waals surface area (Å²) < 4.78 is 25.9. The molecule has 0 radical (unpaired) electrons. The molecule has 0 bridgehead atoms. The third-order valence-corrected chi connectivity index (χ3v) is 3.15. The quantitative estimate of drug-likeness (QED) is 0.880. The number of aliphatic hydroxyl groups excluding tert-OH is 1. The lowest BCUT2D eigenvalue weighted by molar-refractivity contribution is 0.174. The molecular formula is C16H17F2NO. The fourth-order valence-electron chi connectivity index (χ4n) is 1.95. The van der Waals surface area contributed by atoms with Gasteiger partial charge in [-0.1, -0.05) is 24.3 Å². The second kappa shape index (κ2) is 6.59. The minimum atomic E-state index is -0.699. The largest absolute Gasteiger partial charge is 0.387 e. The van der Waals surface area contributed by atoms with Crippen LogP contribution in [0.4, 0.5) is 8.78 Å². The second-order valence-corrected chi connectivity index (χ2v) is 4.78. The number of nitrogens with one attached hydrogen (secondary N) is 1. The molecule has 0 aliphatic rings. The van der Waals surface area contributed by atoms with Crippen LogP contribution in [0.3, 0.4) is 0 Å². The molecule has 20 heavy (non-hydrogen) atoms. The summed E-state index contributed by atoms with van der Waals surface area (Å²) in [5.74, 6) is -0.546. The van der Waals surface area contributed by atoms with E-state index in [1.165, 1.54) is 18.2 Å². The zero-order valence-electron chi connectivity index (χ0n) is 11.2. The van der Waals surface area contributed by atoms with Gasteiger partial charge in [0.2, 0.25) is 0 Å². The van der Waals surface area contributed by atoms with E-state index in [4.69, 9.17) is 0 Å². The molecule has 0 aromatic heterocycles. The van der Waals surface area contributed by atoms with Crippen molar-refractivity contribution in [2.75, 3.05) is 6.54 Å². The summed E-state index contributed by atoms with van der Waals surface area (Å²) in [5, 5.41) is 13.1. The Kier molecular flexibility index (Phi) is 4.82. The normalized spacial score (nSPS) is 12.4. The molecule has 0 amide bonds. The van der Waals surface area contributed by atoms with Gasteiger partial charge < -0.3 is 10.4 Å². The first-order valence-electron chi connectivity index (χ1n) is 6.45. The molecule has 2 rings (SSSR count). The summed E-state index contributed by atoms with van der Waals surface area (Å²) >= 11 is 0. The Morgan fingerprint density at radius 3 is 2.45 bits per heavy atom. The standard InChI is InChI=1S/C16H17F2NO/c1-11-8-13(4-7-15(11)18)16(20)10-19-9-12-2-5-14(17)6-3-12/h2-8,16,19-20H,9-10H2,1H3. The maximum absolute atomic E-state index is 13.1. The molecule has 4 heteroatoms. The molecule has 106 valence electrons. The lowest BCUT2D eigenvalue weighted by atomic mass is 10.1. The van der Waals surface area contributed by atoms with E-state index in [0.29, 0.717) is 24.2 Å². The molecular weight excluding hydrogens is 260 g/mol. The van der Waals surface area contributed by atoms with Gasteiger partial charge in [-0.15, -0.1) is 0 Å². The topological polar surface area (TPSA) is 32.3 Å². The first-order valence-corrected chi connectivity index (χ1v) is 6.45. The maximum atomic E-state index is 13.1. The van der Waals surface area contributed by atoms with E-state index < -0.39 is 6.10 Å². The number of aryl methyl sites for hydroxylation is 1. The molecule has 1 atom stereocenters. The number of benzene rings is 2. The van der Waals surface area contributed by atoms with Crippen molar-refractivity contribution >= 4 is 0 Å². The van der Waals surface area contributed by atoms with E-state index >= 15 is 0 Å². The number of aliphatic hydroxyl groups is 1. The van der Waals surface area contributed by atoms with Crippen molar-refractivity contribution in [3.63, 3.8) is 0 Å². The van der Waals surface area contributed by atoms with Gasteiger partial charge in [0.25, 0.3) is 0 Å². The molecule has 0 aliphatic heterocycles. The van der Waals surface area contributed by atoms with Gasteiger partial charge in [0.05, 0.1) is 6.10 Å². The Morgan fingerprint density at radius 1 is 1.10 bits per heavy atom. The third kappa shape index (κ3) is 3.85. The number of hydrogen-bond acceptors (Lipinski definition) is 2. The van der Waals surface area contributed by atoms with Gasteiger partial charge in [-0.2, -0.15) is 0 Å². The van der Waals surface area contributed by atoms with Crippen LogP contribution in [-0.2, 0) is 6.54 Å². The summed E-state index contributed by atoms with van der Waals surface area (Å²) in [6.45, 7) is 2.55. The van der Waals surface area contributed by atoms with Crippen LogP contribution < -0.4 is 5.32 Å². The Hall–Kier alpha value is -1.78. The van der Waals surface area contributed by atoms with E-state index in [2.05, 4.69) is 5.32 Å². The molecule has 2 N–H and O–H groups in total. The van der Waals surface area contributed by atoms with Crippen molar-refractivity contribution in [3.05, 3.63) is 70.8 Å². The van der Waals surface area contributed by atoms with Crippen LogP contribution in [0, 0.1) is 18.6 Å². The Morgan fingerprint density at radius 2 is 1.80 bits per heavy atom. The summed E-state index contributed by atoms with van der Waals surface area (Å²) in [5.41, 5.74) is 2.13. The van der Waals surface area contributed by atoms with E-state index in [0.717, 1.165) is 5.56 Å². The predicted molar refractivity (Wildman–Crippen MR) is 74.2 cm³/mol. The van der Waals surface area contributed by atoms with Gasteiger partial charge in [0.1, 0.15) is 11.6 Å². The molecule has 0 fully saturated rings. The van der Waals surface area contributed by atoms with Crippen LogP contribution >= 0.6 is 0 Å². The van der Waals surface area contributed by atoms with E-state index in [9.17, 15) is 13.9 Å². The van der Waals surface area contributed by atoms with E-state index in [-0.39, 0.29) is 11.6 Å². The fraction of sp³-hybridized carbons (Fsp3) is 0.250. The van der Waals surface area contributed by atoms with Crippen molar-refractivity contribution in [2.45, 2.75) is 19.6 Å². The zero-order chi connectivity index (χ0) is 14.5. The average molecular weight is 277 g/mol. The van der Waals surface area contributed by atoms with Gasteiger partial charge in [0.15, 0.2) is 0 Å². The van der Waals surface area contributed by atoms with E-state index in [1.54, 1.807) is 31.2 Å². The highest BCUT2D eigenvalue weighted by Gasteiger charge is 2.08. The van der Waals surface area contributed by atoms with Crippen LogP contribution in [0.15, 0.2) is 42.5 Å². The van der Waals surface area contributed by atoms with Gasteiger partial charge in [-0.25, -0.2) is 8.78 Å². The van der Waals surface area contributed by atoms with Crippen LogP contribution in [0.5, 0.6) is 0 Å². The van der Waals surface area contributed by atoms with Crippen molar-refractivity contribution in [1.82, 2.24) is 5.32 Å². The number of halogens is 2. The first kappa shape index (κ1) is 14.6. The van der Waals surface area contributed by atoms with Crippen LogP contribution in [0.2, 0.25) is 0 Å². The fourth-order valence-corrected chi connectivity index (χ4v) is 1.95. The smallest absolute Gasteiger partial charge is 0.126 e. The Balaban J connectivity index is 1.87. The highest BCUT2D eigenvalue weighted by atomic mass is 19.1. The molecule has 1 unspecified atom stereocenters. The van der Waals surface area contributed by atoms with Crippen molar-refractivity contribution in [3.8, 4) is 0 Å². The molecule has 2 aromatic carbocycles. The molecule has 0 aliphatic carbocycles. The maximum Gasteiger partial charge on any atom is 0.126 e. The van der Waals surface area contributed by atoms with Crippen molar-refractivity contribution < 1.29 is 13.9 Å². The van der Waals surface area contributed by atoms with Crippen molar-refractivity contribution in [1.29, 1.82) is 0 Å². The van der Waals surface area contributed by atoms with Gasteiger partial charge in [0, 0.05) is 13.1 Å². The van der Waals surface area contributed by atoms with Crippen LogP contribution in [-0.4, -0.2) is 11.7 Å². The summed E-state index contributed by atoms with van der Waals surface area (Å²) in [6, 6.07) is 10.8. The minimum absolute atomic E-state index is 0.268. The number of hydrogen-bond donors (Lipinski definition) is 2. The summed E-state index contributed by atoms with van der Waals surface area (Å²) in [6.07, 6.45) is -0.699. The lowest BCUT2D eigenvalue weighted by Crippen LogP contribution is -2.21. The second-order valence-electron chi connectivity index (χ2n) is 4.78. The molecule has 2 nitrogen and oxygen atoms in total. The lowest BCUT2D eigenvalue weighted by Gasteiger charge is -2.13. The molecule has 2 aromatic rings. The SMILES string of the molecule is Cc1cc(C(O)CNCc2ccc(F)cc2)ccc1F. The molecule has 0 saturated carbocycles. The predicted octanol–water partition coefficient (Wildman–Crippen LogP) is 3.10. The highest BCUT2D eigenvalue weighted by molar-refractivity contribution is 5.25. The molecule has 0 spiro atoms. The highest BCUT2D eigenvalue weighted by Crippen LogP contribution is 2.16. The molecule has 0 saturated heterocycles. The number of rotatable bonds is 5. The first-order chi connectivity index (χ1) is 9.56. The monoisotopic (exact) mass is 277 g/mol. The minimum Gasteiger partial charge on any atom is -0.387 e. The van der Waals surface area contributed by atoms with E-state index in [1.807, 2.05) is 0 Å². The molecule has 0 heterocycles. The van der Waals surface area contributed by atoms with Crippen molar-refractivity contribution in [2.24, 2.45) is 0 Å². The summed E-state index contributed by atoms with van der Waals surface area (Å²) in [4.78, 5) is 0. The Labute approximate surface area is 117 Å². The van der Waals surface area contributed by atoms with Crippen LogP contribution in [0.25, 0.3) is 0 Å². The van der Waals surface area contributed by atoms with Gasteiger partial charge in [-0.3, -0.25) is 0 Å². The Bertz CT molecular complexity index is 569. The zero-order valence-corrected chi connectivity index (χ0v) is 11.2. The van der Waals surface area contributed by atoms with Crippen LogP contribution in [0.1, 0.15) is 22.8 Å². The average Bonchev–Trinajstić information content (AvgIpc) is 2.44.